The van der Waals surface area contributed by atoms with Crippen molar-refractivity contribution < 1.29 is 4.79 Å². The van der Waals surface area contributed by atoms with Crippen molar-refractivity contribution in [2.24, 2.45) is 5.92 Å². The molecule has 3 saturated heterocycles. The van der Waals surface area contributed by atoms with Gasteiger partial charge in [-0.25, -0.2) is 0 Å². The topological polar surface area (TPSA) is 57.3 Å². The number of thiocarbonyl (C=S) groups is 1. The van der Waals surface area contributed by atoms with Crippen molar-refractivity contribution in [1.29, 1.82) is 0 Å². The molecule has 2 aromatic rings. The SMILES string of the molecule is CC(C)(C)NC(=S)[AsH]c1ccc2c(C(=O)N[C@@H]3CN4CCC3CC4)nsc2c1. The van der Waals surface area contributed by atoms with Crippen LogP contribution in [0.15, 0.2) is 18.2 Å². The first-order valence-electron chi connectivity index (χ1n) is 9.80. The Morgan fingerprint density at radius 1 is 1.32 bits per heavy atom. The van der Waals surface area contributed by atoms with Crippen molar-refractivity contribution in [3.63, 3.8) is 0 Å². The zero-order valence-corrected chi connectivity index (χ0v) is 20.3. The summed E-state index contributed by atoms with van der Waals surface area (Å²) in [5, 5.41) is 7.62. The van der Waals surface area contributed by atoms with Gasteiger partial charge in [-0.05, 0) is 0 Å². The Kier molecular flexibility index (Phi) is 5.80. The van der Waals surface area contributed by atoms with Gasteiger partial charge in [0.1, 0.15) is 0 Å². The monoisotopic (exact) mass is 478 g/mol. The molecule has 3 aliphatic rings. The Morgan fingerprint density at radius 3 is 2.71 bits per heavy atom. The first-order chi connectivity index (χ1) is 13.3. The van der Waals surface area contributed by atoms with Crippen molar-refractivity contribution in [3.8, 4) is 0 Å². The van der Waals surface area contributed by atoms with Crippen molar-refractivity contribution in [1.82, 2.24) is 19.9 Å². The standard InChI is InChI=1S/C20H27AsN4OS2/c1-20(2,3)23-19(27)21-13-4-5-14-16(10-13)28-24-17(14)18(26)22-15-11-25-8-6-12(15)7-9-25/h4-5,10,12,15,21H,6-9,11H2,1-3H3,(H,22,26)(H,23,27)/t15-/m1/s1. The predicted octanol–water partition coefficient (Wildman–Crippen LogP) is 1.86. The normalized spacial score (nSPS) is 24.8. The molecule has 5 rings (SSSR count). The van der Waals surface area contributed by atoms with E-state index in [1.165, 1.54) is 41.8 Å². The molecule has 3 fully saturated rings. The van der Waals surface area contributed by atoms with E-state index < -0.39 is 15.8 Å². The van der Waals surface area contributed by atoms with E-state index >= 15 is 0 Å². The number of carbonyl (C=O) groups excluding carboxylic acids is 1. The summed E-state index contributed by atoms with van der Waals surface area (Å²) in [6.45, 7) is 9.70. The van der Waals surface area contributed by atoms with Gasteiger partial charge in [0.25, 0.3) is 0 Å². The molecule has 0 aliphatic carbocycles. The van der Waals surface area contributed by atoms with Crippen LogP contribution in [0.1, 0.15) is 44.1 Å². The molecule has 2 N–H and O–H groups in total. The second-order valence-corrected chi connectivity index (χ2v) is 13.5. The van der Waals surface area contributed by atoms with Gasteiger partial charge in [0.2, 0.25) is 0 Å². The maximum atomic E-state index is 12.9. The molecule has 5 nitrogen and oxygen atoms in total. The van der Waals surface area contributed by atoms with Crippen LogP contribution < -0.4 is 15.0 Å². The first kappa shape index (κ1) is 20.3. The zero-order valence-electron chi connectivity index (χ0n) is 16.5. The van der Waals surface area contributed by atoms with E-state index in [9.17, 15) is 4.79 Å². The number of carbonyl (C=O) groups is 1. The van der Waals surface area contributed by atoms with Gasteiger partial charge in [0, 0.05) is 0 Å². The number of hydrogen-bond acceptors (Lipinski definition) is 5. The molecule has 28 heavy (non-hydrogen) atoms. The number of aromatic nitrogens is 1. The van der Waals surface area contributed by atoms with Crippen LogP contribution in [0.4, 0.5) is 0 Å². The van der Waals surface area contributed by atoms with Crippen LogP contribution in [0, 0.1) is 5.92 Å². The van der Waals surface area contributed by atoms with E-state index in [0.29, 0.717) is 11.6 Å². The van der Waals surface area contributed by atoms with Gasteiger partial charge in [-0.1, -0.05) is 0 Å². The average molecular weight is 479 g/mol. The number of fused-ring (bicyclic) bond motifs is 4. The van der Waals surface area contributed by atoms with E-state index in [4.69, 9.17) is 12.2 Å². The first-order valence-corrected chi connectivity index (χ1v) is 13.1. The number of amides is 1. The van der Waals surface area contributed by atoms with Crippen molar-refractivity contribution >= 4 is 63.6 Å². The minimum absolute atomic E-state index is 0.00440. The fraction of sp³-hybridized carbons (Fsp3) is 0.550. The van der Waals surface area contributed by atoms with Gasteiger partial charge in [0.15, 0.2) is 0 Å². The third-order valence-electron chi connectivity index (χ3n) is 5.41. The molecule has 2 bridgehead atoms. The summed E-state index contributed by atoms with van der Waals surface area (Å²) in [5.74, 6) is 0.589. The van der Waals surface area contributed by atoms with Crippen LogP contribution in [0.2, 0.25) is 0 Å². The van der Waals surface area contributed by atoms with Crippen LogP contribution in [0.5, 0.6) is 0 Å². The average Bonchev–Trinajstić information content (AvgIpc) is 3.04. The minimum atomic E-state index is -0.559. The Labute approximate surface area is 182 Å². The Balaban J connectivity index is 1.45. The van der Waals surface area contributed by atoms with E-state index in [-0.39, 0.29) is 17.5 Å². The Hall–Kier alpha value is -1.01. The number of piperidine rings is 3. The summed E-state index contributed by atoms with van der Waals surface area (Å²) < 4.78 is 7.77. The number of benzene rings is 1. The van der Waals surface area contributed by atoms with Gasteiger partial charge >= 0.3 is 183 Å². The van der Waals surface area contributed by atoms with Crippen molar-refractivity contribution in [3.05, 3.63) is 23.9 Å². The van der Waals surface area contributed by atoms with Gasteiger partial charge in [-0.3, -0.25) is 0 Å². The molecule has 8 heteroatoms. The van der Waals surface area contributed by atoms with E-state index in [1.807, 2.05) is 6.07 Å². The van der Waals surface area contributed by atoms with Gasteiger partial charge < -0.3 is 0 Å². The summed E-state index contributed by atoms with van der Waals surface area (Å²) in [6, 6.07) is 6.58. The van der Waals surface area contributed by atoms with Gasteiger partial charge in [-0.2, -0.15) is 0 Å². The summed E-state index contributed by atoms with van der Waals surface area (Å²) in [6.07, 6.45) is 2.39. The number of nitrogens with zero attached hydrogens (tertiary/aromatic N) is 2. The molecule has 1 unspecified atom stereocenters. The summed E-state index contributed by atoms with van der Waals surface area (Å²) >= 11 is 6.38. The summed E-state index contributed by atoms with van der Waals surface area (Å²) in [4.78, 5) is 15.3. The molecule has 0 radical (unpaired) electrons. The van der Waals surface area contributed by atoms with E-state index in [0.717, 1.165) is 20.4 Å². The molecular weight excluding hydrogens is 451 g/mol. The quantitative estimate of drug-likeness (QED) is 0.519. The van der Waals surface area contributed by atoms with Gasteiger partial charge in [0.05, 0.1) is 0 Å². The second-order valence-electron chi connectivity index (χ2n) is 8.79. The van der Waals surface area contributed by atoms with E-state index in [1.54, 1.807) is 0 Å². The van der Waals surface area contributed by atoms with Gasteiger partial charge in [-0.15, -0.1) is 0 Å². The Morgan fingerprint density at radius 2 is 2.07 bits per heavy atom. The number of nitrogens with one attached hydrogen (secondary N) is 2. The molecule has 3 aliphatic heterocycles. The third-order valence-corrected chi connectivity index (χ3v) is 8.84. The number of rotatable bonds is 4. The van der Waals surface area contributed by atoms with Crippen molar-refractivity contribution in [2.75, 3.05) is 19.6 Å². The van der Waals surface area contributed by atoms with Crippen LogP contribution in [-0.2, 0) is 0 Å². The molecule has 150 valence electrons. The molecule has 0 spiro atoms. The van der Waals surface area contributed by atoms with Crippen LogP contribution in [0.25, 0.3) is 10.1 Å². The maximum absolute atomic E-state index is 12.9. The number of hydrogen-bond donors (Lipinski definition) is 2. The van der Waals surface area contributed by atoms with Crippen LogP contribution in [0.3, 0.4) is 0 Å². The fourth-order valence-electron chi connectivity index (χ4n) is 4.05. The third kappa shape index (κ3) is 4.59. The second kappa shape index (κ2) is 8.02. The van der Waals surface area contributed by atoms with Crippen LogP contribution in [-0.4, -0.2) is 65.9 Å². The molecule has 1 aromatic carbocycles. The zero-order chi connectivity index (χ0) is 19.9. The van der Waals surface area contributed by atoms with E-state index in [2.05, 4.69) is 52.8 Å². The fourth-order valence-corrected chi connectivity index (χ4v) is 8.27. The van der Waals surface area contributed by atoms with Crippen LogP contribution >= 0.6 is 23.8 Å². The molecular formula is C20H27AsN4OS2. The Bertz CT molecular complexity index is 899. The molecule has 1 aromatic heterocycles. The molecule has 4 heterocycles. The summed E-state index contributed by atoms with van der Waals surface area (Å²) in [5.41, 5.74) is 0.564. The molecule has 1 amide bonds. The molecule has 2 atom stereocenters. The van der Waals surface area contributed by atoms with Crippen molar-refractivity contribution in [2.45, 2.75) is 45.2 Å². The summed E-state index contributed by atoms with van der Waals surface area (Å²) in [7, 11) is 0. The predicted molar refractivity (Wildman–Crippen MR) is 122 cm³/mol. The molecule has 0 saturated carbocycles.